The van der Waals surface area contributed by atoms with Gasteiger partial charge in [-0.3, -0.25) is 0 Å². The summed E-state index contributed by atoms with van der Waals surface area (Å²) in [6.45, 7) is 0. The molecule has 0 bridgehead atoms. The molecule has 0 unspecified atom stereocenters. The Kier molecular flexibility index (Phi) is 3.08. The van der Waals surface area contributed by atoms with Crippen LogP contribution in [0.3, 0.4) is 0 Å². The van der Waals surface area contributed by atoms with Crippen LogP contribution >= 0.6 is 0 Å². The summed E-state index contributed by atoms with van der Waals surface area (Å²) < 4.78 is 4.44. The van der Waals surface area contributed by atoms with Crippen LogP contribution in [0.15, 0.2) is 0 Å². The summed E-state index contributed by atoms with van der Waals surface area (Å²) in [6, 6.07) is 0.118. The summed E-state index contributed by atoms with van der Waals surface area (Å²) >= 11 is 0. The number of rotatable bonds is 2. The maximum atomic E-state index is 10.7. The molecule has 1 aliphatic rings. The lowest BCUT2D eigenvalue weighted by atomic mass is 10.1. The maximum absolute atomic E-state index is 10.7. The zero-order chi connectivity index (χ0) is 8.97. The number of methoxy groups -OCH3 is 1. The number of amides is 1. The zero-order valence-corrected chi connectivity index (χ0v) is 7.08. The molecular weight excluding hydrogens is 158 g/mol. The molecule has 0 aromatic carbocycles. The van der Waals surface area contributed by atoms with Gasteiger partial charge in [-0.2, -0.15) is 0 Å². The van der Waals surface area contributed by atoms with Crippen LogP contribution in [0.4, 0.5) is 4.79 Å². The van der Waals surface area contributed by atoms with E-state index in [-0.39, 0.29) is 12.0 Å². The summed E-state index contributed by atoms with van der Waals surface area (Å²) in [5.74, 6) is 0.118. The van der Waals surface area contributed by atoms with E-state index < -0.39 is 6.09 Å². The Balaban J connectivity index is 2.27. The van der Waals surface area contributed by atoms with Crippen LogP contribution in [-0.2, 0) is 9.53 Å². The molecule has 4 heteroatoms. The van der Waals surface area contributed by atoms with Crippen LogP contribution in [0, 0.1) is 5.92 Å². The van der Waals surface area contributed by atoms with Crippen molar-refractivity contribution in [2.45, 2.75) is 25.3 Å². The lowest BCUT2D eigenvalue weighted by molar-refractivity contribution is -0.110. The van der Waals surface area contributed by atoms with Gasteiger partial charge >= 0.3 is 6.09 Å². The third-order valence-corrected chi connectivity index (χ3v) is 2.17. The lowest BCUT2D eigenvalue weighted by Gasteiger charge is -2.09. The highest BCUT2D eigenvalue weighted by Crippen LogP contribution is 2.23. The van der Waals surface area contributed by atoms with Gasteiger partial charge in [0.05, 0.1) is 7.11 Å². The standard InChI is InChI=1S/C8H13NO3/c1-12-8(11)9-7-3-2-6(4-7)5-10/h5-7H,2-4H2,1H3,(H,9,11)/t6-,7+/m0/s1. The van der Waals surface area contributed by atoms with Gasteiger partial charge < -0.3 is 14.8 Å². The van der Waals surface area contributed by atoms with Gasteiger partial charge in [0.1, 0.15) is 6.29 Å². The summed E-state index contributed by atoms with van der Waals surface area (Å²) in [7, 11) is 1.33. The second-order valence-corrected chi connectivity index (χ2v) is 3.04. The van der Waals surface area contributed by atoms with Crippen molar-refractivity contribution in [2.24, 2.45) is 5.92 Å². The molecule has 0 aromatic rings. The van der Waals surface area contributed by atoms with Crippen LogP contribution in [0.5, 0.6) is 0 Å². The van der Waals surface area contributed by atoms with Crippen LogP contribution in [-0.4, -0.2) is 25.5 Å². The fourth-order valence-electron chi connectivity index (χ4n) is 1.50. The van der Waals surface area contributed by atoms with Crippen molar-refractivity contribution < 1.29 is 14.3 Å². The minimum atomic E-state index is -0.411. The SMILES string of the molecule is COC(=O)N[C@@H]1CC[C@H](C=O)C1. The fraction of sp³-hybridized carbons (Fsp3) is 0.750. The molecule has 1 fully saturated rings. The van der Waals surface area contributed by atoms with Gasteiger partial charge in [-0.1, -0.05) is 0 Å². The van der Waals surface area contributed by atoms with Crippen LogP contribution < -0.4 is 5.32 Å². The average molecular weight is 171 g/mol. The van der Waals surface area contributed by atoms with E-state index in [1.165, 1.54) is 7.11 Å². The molecule has 0 saturated heterocycles. The van der Waals surface area contributed by atoms with E-state index in [4.69, 9.17) is 0 Å². The number of carbonyl (C=O) groups is 2. The third kappa shape index (κ3) is 2.22. The Morgan fingerprint density at radius 3 is 2.83 bits per heavy atom. The number of ether oxygens (including phenoxy) is 1. The van der Waals surface area contributed by atoms with Crippen molar-refractivity contribution in [3.8, 4) is 0 Å². The second kappa shape index (κ2) is 4.09. The summed E-state index contributed by atoms with van der Waals surface area (Å²) in [6.07, 6.45) is 3.04. The largest absolute Gasteiger partial charge is 0.453 e. The van der Waals surface area contributed by atoms with E-state index in [9.17, 15) is 9.59 Å². The van der Waals surface area contributed by atoms with Crippen LogP contribution in [0.1, 0.15) is 19.3 Å². The first-order valence-corrected chi connectivity index (χ1v) is 4.06. The minimum absolute atomic E-state index is 0.118. The van der Waals surface area contributed by atoms with Gasteiger partial charge in [0.15, 0.2) is 0 Å². The van der Waals surface area contributed by atoms with Gasteiger partial charge in [0.25, 0.3) is 0 Å². The highest BCUT2D eigenvalue weighted by Gasteiger charge is 2.25. The van der Waals surface area contributed by atoms with Crippen LogP contribution in [0.25, 0.3) is 0 Å². The molecule has 2 atom stereocenters. The minimum Gasteiger partial charge on any atom is -0.453 e. The molecule has 68 valence electrons. The molecular formula is C8H13NO3. The van der Waals surface area contributed by atoms with Crippen LogP contribution in [0.2, 0.25) is 0 Å². The van der Waals surface area contributed by atoms with Crippen molar-refractivity contribution >= 4 is 12.4 Å². The molecule has 0 heterocycles. The Bertz CT molecular complexity index is 181. The zero-order valence-electron chi connectivity index (χ0n) is 7.08. The molecule has 1 aliphatic carbocycles. The maximum Gasteiger partial charge on any atom is 0.407 e. The number of aldehydes is 1. The summed E-state index contributed by atoms with van der Waals surface area (Å²) in [5, 5.41) is 2.67. The predicted octanol–water partition coefficient (Wildman–Crippen LogP) is 0.710. The van der Waals surface area contributed by atoms with E-state index in [0.29, 0.717) is 0 Å². The lowest BCUT2D eigenvalue weighted by Crippen LogP contribution is -2.32. The summed E-state index contributed by atoms with van der Waals surface area (Å²) in [4.78, 5) is 21.1. The van der Waals surface area contributed by atoms with Crippen molar-refractivity contribution in [2.75, 3.05) is 7.11 Å². The van der Waals surface area contributed by atoms with Crippen molar-refractivity contribution in [1.82, 2.24) is 5.32 Å². The van der Waals surface area contributed by atoms with E-state index in [1.54, 1.807) is 0 Å². The Morgan fingerprint density at radius 2 is 2.33 bits per heavy atom. The molecule has 1 rings (SSSR count). The Morgan fingerprint density at radius 1 is 1.58 bits per heavy atom. The molecule has 0 aromatic heterocycles. The molecule has 1 N–H and O–H groups in total. The Hall–Kier alpha value is -1.06. The van der Waals surface area contributed by atoms with E-state index in [1.807, 2.05) is 0 Å². The first kappa shape index (κ1) is 9.03. The van der Waals surface area contributed by atoms with E-state index in [2.05, 4.69) is 10.1 Å². The first-order valence-electron chi connectivity index (χ1n) is 4.06. The topological polar surface area (TPSA) is 55.4 Å². The molecule has 0 radical (unpaired) electrons. The number of hydrogen-bond donors (Lipinski definition) is 1. The van der Waals surface area contributed by atoms with Crippen molar-refractivity contribution in [1.29, 1.82) is 0 Å². The number of nitrogens with one attached hydrogen (secondary N) is 1. The van der Waals surface area contributed by atoms with E-state index in [0.717, 1.165) is 25.5 Å². The van der Waals surface area contributed by atoms with Gasteiger partial charge in [0, 0.05) is 12.0 Å². The number of alkyl carbamates (subject to hydrolysis) is 1. The molecule has 1 saturated carbocycles. The van der Waals surface area contributed by atoms with Gasteiger partial charge in [-0.15, -0.1) is 0 Å². The smallest absolute Gasteiger partial charge is 0.407 e. The first-order chi connectivity index (χ1) is 5.76. The summed E-state index contributed by atoms with van der Waals surface area (Å²) in [5.41, 5.74) is 0. The fourth-order valence-corrected chi connectivity index (χ4v) is 1.50. The van der Waals surface area contributed by atoms with Gasteiger partial charge in [-0.25, -0.2) is 4.79 Å². The molecule has 0 spiro atoms. The van der Waals surface area contributed by atoms with Gasteiger partial charge in [-0.05, 0) is 19.3 Å². The highest BCUT2D eigenvalue weighted by atomic mass is 16.5. The molecule has 12 heavy (non-hydrogen) atoms. The molecule has 0 aliphatic heterocycles. The molecule has 1 amide bonds. The normalized spacial score (nSPS) is 28.1. The van der Waals surface area contributed by atoms with E-state index >= 15 is 0 Å². The average Bonchev–Trinajstić information content (AvgIpc) is 2.52. The number of carbonyl (C=O) groups excluding carboxylic acids is 2. The quantitative estimate of drug-likeness (QED) is 0.622. The Labute approximate surface area is 71.3 Å². The predicted molar refractivity (Wildman–Crippen MR) is 42.7 cm³/mol. The van der Waals surface area contributed by atoms with Crippen molar-refractivity contribution in [3.05, 3.63) is 0 Å². The second-order valence-electron chi connectivity index (χ2n) is 3.04. The van der Waals surface area contributed by atoms with Crippen molar-refractivity contribution in [3.63, 3.8) is 0 Å². The highest BCUT2D eigenvalue weighted by molar-refractivity contribution is 5.67. The molecule has 4 nitrogen and oxygen atoms in total. The third-order valence-electron chi connectivity index (χ3n) is 2.17. The number of hydrogen-bond acceptors (Lipinski definition) is 3. The van der Waals surface area contributed by atoms with Gasteiger partial charge in [0.2, 0.25) is 0 Å². The monoisotopic (exact) mass is 171 g/mol.